The molecule has 0 aromatic heterocycles. The number of hydrogen-bond acceptors (Lipinski definition) is 5. The van der Waals surface area contributed by atoms with Gasteiger partial charge in [-0.05, 0) is 6.42 Å². The molecule has 7 nitrogen and oxygen atoms in total. The van der Waals surface area contributed by atoms with Crippen molar-refractivity contribution in [3.63, 3.8) is 0 Å². The van der Waals surface area contributed by atoms with Crippen molar-refractivity contribution in [2.24, 2.45) is 5.73 Å². The molecule has 7 heteroatoms. The van der Waals surface area contributed by atoms with Crippen molar-refractivity contribution in [1.29, 1.82) is 0 Å². The van der Waals surface area contributed by atoms with Crippen LogP contribution in [0.25, 0.3) is 0 Å². The third kappa shape index (κ3) is 3.95. The minimum absolute atomic E-state index is 0.142. The molecule has 1 atom stereocenters. The normalized spacial score (nSPS) is 24.8. The number of nitrogens with zero attached hydrogens (tertiary/aromatic N) is 1. The molecule has 1 saturated heterocycles. The van der Waals surface area contributed by atoms with Crippen LogP contribution in [0.3, 0.4) is 0 Å². The van der Waals surface area contributed by atoms with Crippen molar-refractivity contribution in [2.45, 2.75) is 12.0 Å². The Morgan fingerprint density at radius 1 is 1.59 bits per heavy atom. The van der Waals surface area contributed by atoms with Crippen LogP contribution in [-0.4, -0.2) is 67.3 Å². The first-order valence-electron chi connectivity index (χ1n) is 5.48. The second-order valence-corrected chi connectivity index (χ2v) is 4.26. The highest BCUT2D eigenvalue weighted by Gasteiger charge is 2.41. The van der Waals surface area contributed by atoms with Crippen molar-refractivity contribution in [2.75, 3.05) is 39.9 Å². The van der Waals surface area contributed by atoms with Crippen molar-refractivity contribution >= 4 is 11.9 Å². The van der Waals surface area contributed by atoms with Gasteiger partial charge in [-0.2, -0.15) is 0 Å². The Kier molecular flexibility index (Phi) is 4.86. The summed E-state index contributed by atoms with van der Waals surface area (Å²) < 4.78 is 4.80. The van der Waals surface area contributed by atoms with Crippen LogP contribution in [0, 0.1) is 0 Å². The zero-order valence-corrected chi connectivity index (χ0v) is 9.94. The second-order valence-electron chi connectivity index (χ2n) is 4.26. The van der Waals surface area contributed by atoms with Gasteiger partial charge in [0.15, 0.2) is 0 Å². The van der Waals surface area contributed by atoms with Gasteiger partial charge in [0.25, 0.3) is 0 Å². The number of methoxy groups -OCH3 is 1. The molecule has 0 radical (unpaired) electrons. The second kappa shape index (κ2) is 5.95. The standard InChI is InChI=1S/C10H19N3O4/c1-17-5-3-12-8(14)6-13-4-2-10(11,7-13)9(15)16/h2-7,11H2,1H3,(H,12,14)(H,15,16). The first-order valence-corrected chi connectivity index (χ1v) is 5.48. The van der Waals surface area contributed by atoms with Gasteiger partial charge in [-0.3, -0.25) is 14.5 Å². The largest absolute Gasteiger partial charge is 0.480 e. The number of likely N-dealkylation sites (tertiary alicyclic amines) is 1. The first-order chi connectivity index (χ1) is 7.98. The molecule has 98 valence electrons. The average molecular weight is 245 g/mol. The fourth-order valence-electron chi connectivity index (χ4n) is 1.78. The fourth-order valence-corrected chi connectivity index (χ4v) is 1.78. The lowest BCUT2D eigenvalue weighted by molar-refractivity contribution is -0.143. The van der Waals surface area contributed by atoms with E-state index >= 15 is 0 Å². The molecule has 0 spiro atoms. The number of carboxylic acid groups (broad SMARTS) is 1. The van der Waals surface area contributed by atoms with Gasteiger partial charge in [0, 0.05) is 26.7 Å². The zero-order valence-electron chi connectivity index (χ0n) is 9.94. The third-order valence-electron chi connectivity index (χ3n) is 2.80. The van der Waals surface area contributed by atoms with E-state index in [0.717, 1.165) is 0 Å². The molecule has 0 aromatic rings. The molecule has 0 saturated carbocycles. The van der Waals surface area contributed by atoms with Gasteiger partial charge in [-0.15, -0.1) is 0 Å². The maximum Gasteiger partial charge on any atom is 0.325 e. The number of carbonyl (C=O) groups is 2. The topological polar surface area (TPSA) is 105 Å². The van der Waals surface area contributed by atoms with Crippen molar-refractivity contribution in [3.05, 3.63) is 0 Å². The minimum Gasteiger partial charge on any atom is -0.480 e. The van der Waals surface area contributed by atoms with Crippen LogP contribution in [0.1, 0.15) is 6.42 Å². The number of carbonyl (C=O) groups excluding carboxylic acids is 1. The van der Waals surface area contributed by atoms with Crippen LogP contribution in [0.4, 0.5) is 0 Å². The summed E-state index contributed by atoms with van der Waals surface area (Å²) in [6, 6.07) is 0. The number of carboxylic acids is 1. The van der Waals surface area contributed by atoms with Gasteiger partial charge in [0.05, 0.1) is 13.2 Å². The quantitative estimate of drug-likeness (QED) is 0.479. The molecule has 1 fully saturated rings. The van der Waals surface area contributed by atoms with Crippen molar-refractivity contribution < 1.29 is 19.4 Å². The summed E-state index contributed by atoms with van der Waals surface area (Å²) in [7, 11) is 1.56. The van der Waals surface area contributed by atoms with Crippen LogP contribution < -0.4 is 11.1 Å². The lowest BCUT2D eigenvalue weighted by Crippen LogP contribution is -2.50. The van der Waals surface area contributed by atoms with Crippen LogP contribution in [0.2, 0.25) is 0 Å². The Balaban J connectivity index is 2.30. The highest BCUT2D eigenvalue weighted by molar-refractivity contribution is 5.80. The Hall–Kier alpha value is -1.18. The van der Waals surface area contributed by atoms with Gasteiger partial charge in [-0.25, -0.2) is 0 Å². The molecule has 1 rings (SSSR count). The Labute approximate surface area is 99.9 Å². The van der Waals surface area contributed by atoms with Gasteiger partial charge < -0.3 is 20.9 Å². The Bertz CT molecular complexity index is 297. The maximum atomic E-state index is 11.5. The highest BCUT2D eigenvalue weighted by Crippen LogP contribution is 2.18. The van der Waals surface area contributed by atoms with E-state index in [9.17, 15) is 9.59 Å². The number of ether oxygens (including phenoxy) is 1. The summed E-state index contributed by atoms with van der Waals surface area (Å²) >= 11 is 0. The molecule has 0 aromatic carbocycles. The van der Waals surface area contributed by atoms with Crippen LogP contribution in [-0.2, 0) is 14.3 Å². The van der Waals surface area contributed by atoms with Gasteiger partial charge in [0.1, 0.15) is 5.54 Å². The number of nitrogens with two attached hydrogens (primary N) is 1. The van der Waals surface area contributed by atoms with E-state index in [1.807, 2.05) is 0 Å². The Morgan fingerprint density at radius 2 is 2.29 bits per heavy atom. The van der Waals surface area contributed by atoms with Gasteiger partial charge in [0.2, 0.25) is 5.91 Å². The minimum atomic E-state index is -1.22. The lowest BCUT2D eigenvalue weighted by Gasteiger charge is -2.19. The van der Waals surface area contributed by atoms with E-state index in [2.05, 4.69) is 5.32 Å². The van der Waals surface area contributed by atoms with Crippen LogP contribution >= 0.6 is 0 Å². The fraction of sp³-hybridized carbons (Fsp3) is 0.800. The zero-order chi connectivity index (χ0) is 12.9. The van der Waals surface area contributed by atoms with E-state index in [1.165, 1.54) is 0 Å². The monoisotopic (exact) mass is 245 g/mol. The predicted molar refractivity (Wildman–Crippen MR) is 60.5 cm³/mol. The number of hydrogen-bond donors (Lipinski definition) is 3. The van der Waals surface area contributed by atoms with E-state index in [0.29, 0.717) is 26.1 Å². The summed E-state index contributed by atoms with van der Waals surface area (Å²) in [5.41, 5.74) is 4.48. The summed E-state index contributed by atoms with van der Waals surface area (Å²) in [5, 5.41) is 11.6. The van der Waals surface area contributed by atoms with Crippen LogP contribution in [0.5, 0.6) is 0 Å². The number of aliphatic carboxylic acids is 1. The molecule has 4 N–H and O–H groups in total. The Morgan fingerprint density at radius 3 is 2.82 bits per heavy atom. The van der Waals surface area contributed by atoms with Crippen molar-refractivity contribution in [1.82, 2.24) is 10.2 Å². The smallest absolute Gasteiger partial charge is 0.325 e. The predicted octanol–water partition coefficient (Wildman–Crippen LogP) is -1.76. The summed E-state index contributed by atoms with van der Waals surface area (Å²) in [6.45, 7) is 1.83. The molecule has 1 aliphatic heterocycles. The molecule has 1 aliphatic rings. The molecule has 0 bridgehead atoms. The summed E-state index contributed by atoms with van der Waals surface area (Å²) in [5.74, 6) is -1.16. The van der Waals surface area contributed by atoms with E-state index < -0.39 is 11.5 Å². The molecule has 1 heterocycles. The molecular formula is C10H19N3O4. The van der Waals surface area contributed by atoms with Gasteiger partial charge in [-0.1, -0.05) is 0 Å². The van der Waals surface area contributed by atoms with Crippen LogP contribution in [0.15, 0.2) is 0 Å². The molecule has 17 heavy (non-hydrogen) atoms. The lowest BCUT2D eigenvalue weighted by atomic mass is 10.0. The number of nitrogens with one attached hydrogen (secondary N) is 1. The SMILES string of the molecule is COCCNC(=O)CN1CCC(N)(C(=O)O)C1. The van der Waals surface area contributed by atoms with E-state index in [1.54, 1.807) is 12.0 Å². The first kappa shape index (κ1) is 13.9. The summed E-state index contributed by atoms with van der Waals surface area (Å²) in [4.78, 5) is 24.1. The molecule has 1 amide bonds. The van der Waals surface area contributed by atoms with Gasteiger partial charge >= 0.3 is 5.97 Å². The average Bonchev–Trinajstić information content (AvgIpc) is 2.62. The number of rotatable bonds is 6. The summed E-state index contributed by atoms with van der Waals surface area (Å²) in [6.07, 6.45) is 0.369. The van der Waals surface area contributed by atoms with Crippen molar-refractivity contribution in [3.8, 4) is 0 Å². The third-order valence-corrected chi connectivity index (χ3v) is 2.80. The molecular weight excluding hydrogens is 226 g/mol. The molecule has 0 aliphatic carbocycles. The molecule has 1 unspecified atom stereocenters. The maximum absolute atomic E-state index is 11.5. The van der Waals surface area contributed by atoms with E-state index in [-0.39, 0.29) is 19.0 Å². The van der Waals surface area contributed by atoms with E-state index in [4.69, 9.17) is 15.6 Å². The highest BCUT2D eigenvalue weighted by atomic mass is 16.5. The number of amides is 1.